The van der Waals surface area contributed by atoms with Crippen LogP contribution < -0.4 is 5.32 Å². The average Bonchev–Trinajstić information content (AvgIpc) is 2.37. The molecule has 0 unspecified atom stereocenters. The maximum atomic E-state index is 13.4. The summed E-state index contributed by atoms with van der Waals surface area (Å²) in [6, 6.07) is 7.15. The van der Waals surface area contributed by atoms with Gasteiger partial charge < -0.3 is 5.32 Å². The third kappa shape index (κ3) is 3.09. The van der Waals surface area contributed by atoms with Gasteiger partial charge in [0.2, 0.25) is 0 Å². The van der Waals surface area contributed by atoms with E-state index in [0.717, 1.165) is 5.56 Å². The van der Waals surface area contributed by atoms with Gasteiger partial charge in [-0.25, -0.2) is 9.37 Å². The van der Waals surface area contributed by atoms with Crippen LogP contribution in [0.2, 0.25) is 0 Å². The Balaban J connectivity index is 2.56. The van der Waals surface area contributed by atoms with Gasteiger partial charge in [0.05, 0.1) is 16.7 Å². The van der Waals surface area contributed by atoms with Gasteiger partial charge >= 0.3 is 0 Å². The lowest BCUT2D eigenvalue weighted by Gasteiger charge is -2.07. The molecule has 0 spiro atoms. The number of benzene rings is 1. The number of anilines is 1. The number of aryl methyl sites for hydroxylation is 1. The van der Waals surface area contributed by atoms with Crippen molar-refractivity contribution in [3.63, 3.8) is 0 Å². The summed E-state index contributed by atoms with van der Waals surface area (Å²) in [6.07, 6.45) is 0. The second-order valence-corrected chi connectivity index (χ2v) is 4.40. The summed E-state index contributed by atoms with van der Waals surface area (Å²) in [5, 5.41) is 13.9. The van der Waals surface area contributed by atoms with E-state index < -0.39 is 10.7 Å². The first-order valence-corrected chi connectivity index (χ1v) is 6.17. The lowest BCUT2D eigenvalue weighted by molar-refractivity contribution is -0.384. The highest BCUT2D eigenvalue weighted by atomic mass is 19.1. The average molecular weight is 275 g/mol. The van der Waals surface area contributed by atoms with Crippen molar-refractivity contribution in [3.8, 4) is 11.3 Å². The predicted molar refractivity (Wildman–Crippen MR) is 75.2 cm³/mol. The SMILES string of the molecule is CCNc1cc([N+](=O)[O-])cc(-c2cc(C)cc(F)c2)n1. The molecule has 104 valence electrons. The monoisotopic (exact) mass is 275 g/mol. The number of nitrogens with one attached hydrogen (secondary N) is 1. The number of pyridine rings is 1. The Morgan fingerprint density at radius 3 is 2.65 bits per heavy atom. The summed E-state index contributed by atoms with van der Waals surface area (Å²) in [5.74, 6) is 0.0110. The van der Waals surface area contributed by atoms with Gasteiger partial charge in [0.15, 0.2) is 0 Å². The second kappa shape index (κ2) is 5.64. The Morgan fingerprint density at radius 2 is 2.05 bits per heavy atom. The van der Waals surface area contributed by atoms with E-state index in [1.807, 2.05) is 6.92 Å². The molecule has 1 heterocycles. The molecule has 2 rings (SSSR count). The van der Waals surface area contributed by atoms with Gasteiger partial charge in [0.25, 0.3) is 5.69 Å². The highest BCUT2D eigenvalue weighted by molar-refractivity contribution is 5.66. The highest BCUT2D eigenvalue weighted by Crippen LogP contribution is 2.26. The van der Waals surface area contributed by atoms with Gasteiger partial charge in [-0.15, -0.1) is 0 Å². The number of hydrogen-bond acceptors (Lipinski definition) is 4. The van der Waals surface area contributed by atoms with E-state index >= 15 is 0 Å². The summed E-state index contributed by atoms with van der Waals surface area (Å²) in [5.41, 5.74) is 1.55. The zero-order valence-corrected chi connectivity index (χ0v) is 11.2. The van der Waals surface area contributed by atoms with E-state index in [-0.39, 0.29) is 5.69 Å². The molecule has 1 aromatic heterocycles. The minimum Gasteiger partial charge on any atom is -0.370 e. The van der Waals surface area contributed by atoms with Crippen molar-refractivity contribution < 1.29 is 9.31 Å². The maximum Gasteiger partial charge on any atom is 0.275 e. The third-order valence-electron chi connectivity index (χ3n) is 2.72. The van der Waals surface area contributed by atoms with Crippen LogP contribution in [0.15, 0.2) is 30.3 Å². The third-order valence-corrected chi connectivity index (χ3v) is 2.72. The molecular formula is C14H14FN3O2. The molecule has 1 N–H and O–H groups in total. The lowest BCUT2D eigenvalue weighted by atomic mass is 10.1. The Kier molecular flexibility index (Phi) is 3.93. The number of aromatic nitrogens is 1. The number of hydrogen-bond donors (Lipinski definition) is 1. The van der Waals surface area contributed by atoms with Crippen molar-refractivity contribution in [1.82, 2.24) is 4.98 Å². The predicted octanol–water partition coefficient (Wildman–Crippen LogP) is 3.54. The Labute approximate surface area is 115 Å². The maximum absolute atomic E-state index is 13.4. The number of nitro groups is 1. The standard InChI is InChI=1S/C14H14FN3O2/c1-3-16-14-8-12(18(19)20)7-13(17-14)10-4-9(2)5-11(15)6-10/h4-8H,3H2,1-2H3,(H,16,17). The van der Waals surface area contributed by atoms with E-state index in [1.165, 1.54) is 24.3 Å². The molecule has 0 atom stereocenters. The van der Waals surface area contributed by atoms with E-state index in [1.54, 1.807) is 13.0 Å². The minimum absolute atomic E-state index is 0.0761. The number of halogens is 1. The van der Waals surface area contributed by atoms with Gasteiger partial charge in [-0.2, -0.15) is 0 Å². The van der Waals surface area contributed by atoms with Gasteiger partial charge in [-0.05, 0) is 37.6 Å². The Hall–Kier alpha value is -2.50. The fourth-order valence-electron chi connectivity index (χ4n) is 1.93. The molecule has 0 bridgehead atoms. The molecule has 0 radical (unpaired) electrons. The molecule has 0 saturated heterocycles. The van der Waals surface area contributed by atoms with Crippen LogP contribution in [-0.2, 0) is 0 Å². The summed E-state index contributed by atoms with van der Waals surface area (Å²) in [6.45, 7) is 4.22. The zero-order valence-electron chi connectivity index (χ0n) is 11.2. The molecule has 0 amide bonds. The van der Waals surface area contributed by atoms with Gasteiger partial charge in [0, 0.05) is 18.2 Å². The van der Waals surface area contributed by atoms with Crippen molar-refractivity contribution >= 4 is 11.5 Å². The molecule has 0 aliphatic carbocycles. The molecule has 20 heavy (non-hydrogen) atoms. The molecule has 0 aliphatic heterocycles. The minimum atomic E-state index is -0.488. The van der Waals surface area contributed by atoms with Crippen LogP contribution in [0.3, 0.4) is 0 Å². The van der Waals surface area contributed by atoms with E-state index in [0.29, 0.717) is 23.6 Å². The molecule has 6 heteroatoms. The topological polar surface area (TPSA) is 68.1 Å². The fraction of sp³-hybridized carbons (Fsp3) is 0.214. The second-order valence-electron chi connectivity index (χ2n) is 4.40. The van der Waals surface area contributed by atoms with Crippen molar-refractivity contribution in [2.24, 2.45) is 0 Å². The van der Waals surface area contributed by atoms with Gasteiger partial charge in [0.1, 0.15) is 11.6 Å². The summed E-state index contributed by atoms with van der Waals surface area (Å²) in [4.78, 5) is 14.7. The quantitative estimate of drug-likeness (QED) is 0.684. The molecule has 0 saturated carbocycles. The van der Waals surface area contributed by atoms with Crippen LogP contribution in [0.4, 0.5) is 15.9 Å². The first-order chi connectivity index (χ1) is 9.49. The van der Waals surface area contributed by atoms with Crippen LogP contribution in [0.25, 0.3) is 11.3 Å². The van der Waals surface area contributed by atoms with Crippen LogP contribution >= 0.6 is 0 Å². The molecule has 1 aromatic carbocycles. The van der Waals surface area contributed by atoms with E-state index in [2.05, 4.69) is 10.3 Å². The number of rotatable bonds is 4. The smallest absolute Gasteiger partial charge is 0.275 e. The van der Waals surface area contributed by atoms with Gasteiger partial charge in [-0.1, -0.05) is 0 Å². The van der Waals surface area contributed by atoms with Crippen LogP contribution in [0.5, 0.6) is 0 Å². The van der Waals surface area contributed by atoms with Crippen molar-refractivity contribution in [2.45, 2.75) is 13.8 Å². The normalized spacial score (nSPS) is 10.3. The van der Waals surface area contributed by atoms with Crippen molar-refractivity contribution in [2.75, 3.05) is 11.9 Å². The van der Waals surface area contributed by atoms with E-state index in [4.69, 9.17) is 0 Å². The largest absolute Gasteiger partial charge is 0.370 e. The summed E-state index contributed by atoms with van der Waals surface area (Å²) < 4.78 is 13.4. The summed E-state index contributed by atoms with van der Waals surface area (Å²) >= 11 is 0. The zero-order chi connectivity index (χ0) is 14.7. The molecular weight excluding hydrogens is 261 g/mol. The number of nitrogens with zero attached hydrogens (tertiary/aromatic N) is 2. The Bertz CT molecular complexity index is 639. The highest BCUT2D eigenvalue weighted by Gasteiger charge is 2.13. The van der Waals surface area contributed by atoms with Crippen LogP contribution in [0, 0.1) is 22.9 Å². The van der Waals surface area contributed by atoms with Crippen molar-refractivity contribution in [1.29, 1.82) is 0 Å². The Morgan fingerprint density at radius 1 is 1.30 bits per heavy atom. The molecule has 2 aromatic rings. The molecule has 0 aliphatic rings. The first kappa shape index (κ1) is 13.9. The fourth-order valence-corrected chi connectivity index (χ4v) is 1.93. The van der Waals surface area contributed by atoms with Crippen molar-refractivity contribution in [3.05, 3.63) is 51.8 Å². The lowest BCUT2D eigenvalue weighted by Crippen LogP contribution is -2.02. The summed E-state index contributed by atoms with van der Waals surface area (Å²) in [7, 11) is 0. The molecule has 0 fully saturated rings. The van der Waals surface area contributed by atoms with E-state index in [9.17, 15) is 14.5 Å². The van der Waals surface area contributed by atoms with Crippen LogP contribution in [0.1, 0.15) is 12.5 Å². The van der Waals surface area contributed by atoms with Gasteiger partial charge in [-0.3, -0.25) is 10.1 Å². The van der Waals surface area contributed by atoms with Crippen LogP contribution in [-0.4, -0.2) is 16.5 Å². The first-order valence-electron chi connectivity index (χ1n) is 6.17. The molecule has 5 nitrogen and oxygen atoms in total.